The third-order valence-corrected chi connectivity index (χ3v) is 4.36. The van der Waals surface area contributed by atoms with Crippen molar-refractivity contribution in [3.63, 3.8) is 0 Å². The largest absolute Gasteiger partial charge is 0.479 e. The molecule has 1 aliphatic heterocycles. The van der Waals surface area contributed by atoms with Crippen LogP contribution in [0.4, 0.5) is 0 Å². The lowest BCUT2D eigenvalue weighted by Crippen LogP contribution is -2.35. The van der Waals surface area contributed by atoms with Gasteiger partial charge in [-0.05, 0) is 24.0 Å². The molecule has 1 amide bonds. The van der Waals surface area contributed by atoms with Crippen LogP contribution in [0.5, 0.6) is 0 Å². The summed E-state index contributed by atoms with van der Waals surface area (Å²) in [4.78, 5) is 22.7. The number of rotatable bonds is 6. The maximum Gasteiger partial charge on any atom is 0.332 e. The van der Waals surface area contributed by atoms with Gasteiger partial charge in [-0.3, -0.25) is 4.79 Å². The summed E-state index contributed by atoms with van der Waals surface area (Å²) in [6.45, 7) is 0.273. The molecule has 0 bridgehead atoms. The van der Waals surface area contributed by atoms with Gasteiger partial charge in [-0.1, -0.05) is 24.3 Å². The van der Waals surface area contributed by atoms with Crippen molar-refractivity contribution in [1.29, 1.82) is 0 Å². The molecule has 1 aromatic rings. The fourth-order valence-electron chi connectivity index (χ4n) is 2.37. The molecule has 7 nitrogen and oxygen atoms in total. The van der Waals surface area contributed by atoms with Gasteiger partial charge in [0.2, 0.25) is 5.91 Å². The van der Waals surface area contributed by atoms with E-state index in [0.717, 1.165) is 5.56 Å². The van der Waals surface area contributed by atoms with Crippen LogP contribution in [0.2, 0.25) is 0 Å². The van der Waals surface area contributed by atoms with E-state index in [1.54, 1.807) is 24.3 Å². The van der Waals surface area contributed by atoms with E-state index in [9.17, 15) is 18.0 Å². The Hall–Kier alpha value is -1.93. The number of carboxylic acid groups (broad SMARTS) is 1. The van der Waals surface area contributed by atoms with Crippen LogP contribution in [0.15, 0.2) is 24.3 Å². The molecule has 0 aromatic heterocycles. The minimum absolute atomic E-state index is 0.0217. The van der Waals surface area contributed by atoms with Crippen LogP contribution >= 0.6 is 0 Å². The Bertz CT molecular complexity index is 682. The number of hydrogen-bond donors (Lipinski definition) is 2. The minimum atomic E-state index is -3.07. The Morgan fingerprint density at radius 3 is 2.26 bits per heavy atom. The van der Waals surface area contributed by atoms with Gasteiger partial charge in [-0.15, -0.1) is 0 Å². The van der Waals surface area contributed by atoms with Crippen LogP contribution in [0.1, 0.15) is 24.0 Å². The molecule has 1 aliphatic rings. The van der Waals surface area contributed by atoms with Gasteiger partial charge >= 0.3 is 5.97 Å². The average Bonchev–Trinajstić information content (AvgIpc) is 2.94. The molecular formula is C15H19NO6S. The van der Waals surface area contributed by atoms with Crippen LogP contribution in [-0.2, 0) is 36.5 Å². The zero-order valence-corrected chi connectivity index (χ0v) is 13.5. The van der Waals surface area contributed by atoms with Gasteiger partial charge in [0.05, 0.1) is 5.75 Å². The molecule has 1 heterocycles. The Kier molecular flexibility index (Phi) is 5.38. The number of nitrogens with one attached hydrogen (secondary N) is 1. The molecule has 1 aromatic carbocycles. The molecule has 0 unspecified atom stereocenters. The van der Waals surface area contributed by atoms with Crippen LogP contribution in [0, 0.1) is 0 Å². The van der Waals surface area contributed by atoms with E-state index in [2.05, 4.69) is 5.32 Å². The van der Waals surface area contributed by atoms with Gasteiger partial charge in [-0.25, -0.2) is 13.2 Å². The molecular weight excluding hydrogens is 322 g/mol. The quantitative estimate of drug-likeness (QED) is 0.779. The number of hydrogen-bond acceptors (Lipinski definition) is 5. The maximum absolute atomic E-state index is 11.9. The monoisotopic (exact) mass is 341 g/mol. The standard InChI is InChI=1S/C15H19NO6S/c1-23(20,21)9-11-4-2-10(3-5-11)8-16-14(17)12-6-7-13(22-12)15(18)19/h2-5,12-13H,6-9H2,1H3,(H,16,17)(H,18,19)/t12-,13+/m0/s1. The smallest absolute Gasteiger partial charge is 0.332 e. The van der Waals surface area contributed by atoms with Crippen molar-refractivity contribution < 1.29 is 27.9 Å². The lowest BCUT2D eigenvalue weighted by Gasteiger charge is -2.12. The van der Waals surface area contributed by atoms with Crippen LogP contribution < -0.4 is 5.32 Å². The number of aliphatic carboxylic acids is 1. The second-order valence-corrected chi connectivity index (χ2v) is 7.77. The maximum atomic E-state index is 11.9. The van der Waals surface area contributed by atoms with Crippen molar-refractivity contribution in [2.24, 2.45) is 0 Å². The summed E-state index contributed by atoms with van der Waals surface area (Å²) in [6.07, 6.45) is 0.234. The Morgan fingerprint density at radius 1 is 1.17 bits per heavy atom. The van der Waals surface area contributed by atoms with Crippen molar-refractivity contribution in [2.75, 3.05) is 6.26 Å². The highest BCUT2D eigenvalue weighted by Crippen LogP contribution is 2.20. The zero-order valence-electron chi connectivity index (χ0n) is 12.7. The van der Waals surface area contributed by atoms with Gasteiger partial charge in [0.25, 0.3) is 0 Å². The SMILES string of the molecule is CS(=O)(=O)Cc1ccc(CNC(=O)[C@@H]2CC[C@H](C(=O)O)O2)cc1. The summed E-state index contributed by atoms with van der Waals surface area (Å²) in [5.41, 5.74) is 1.51. The minimum Gasteiger partial charge on any atom is -0.479 e. The Balaban J connectivity index is 1.84. The molecule has 8 heteroatoms. The molecule has 126 valence electrons. The highest BCUT2D eigenvalue weighted by molar-refractivity contribution is 7.89. The molecule has 0 radical (unpaired) electrons. The molecule has 0 saturated carbocycles. The van der Waals surface area contributed by atoms with Crippen LogP contribution in [-0.4, -0.2) is 43.9 Å². The predicted octanol–water partition coefficient (Wildman–Crippen LogP) is 0.480. The van der Waals surface area contributed by atoms with Crippen molar-refractivity contribution in [1.82, 2.24) is 5.32 Å². The van der Waals surface area contributed by atoms with E-state index in [0.29, 0.717) is 18.4 Å². The molecule has 1 fully saturated rings. The lowest BCUT2D eigenvalue weighted by molar-refractivity contribution is -0.151. The average molecular weight is 341 g/mol. The molecule has 2 rings (SSSR count). The summed E-state index contributed by atoms with van der Waals surface area (Å²) >= 11 is 0. The Labute approximate surface area is 134 Å². The van der Waals surface area contributed by atoms with Crippen molar-refractivity contribution in [2.45, 2.75) is 37.3 Å². The molecule has 0 aliphatic carbocycles. The number of carbonyl (C=O) groups is 2. The number of ether oxygens (including phenoxy) is 1. The summed E-state index contributed by atoms with van der Waals surface area (Å²) in [5.74, 6) is -1.41. The van der Waals surface area contributed by atoms with Crippen molar-refractivity contribution in [3.8, 4) is 0 Å². The number of benzene rings is 1. The van der Waals surface area contributed by atoms with Crippen LogP contribution in [0.25, 0.3) is 0 Å². The van der Waals surface area contributed by atoms with E-state index in [-0.39, 0.29) is 18.2 Å². The molecule has 0 spiro atoms. The van der Waals surface area contributed by atoms with Crippen molar-refractivity contribution in [3.05, 3.63) is 35.4 Å². The first kappa shape index (κ1) is 17.4. The first-order chi connectivity index (χ1) is 10.7. The number of carbonyl (C=O) groups excluding carboxylic acids is 1. The summed E-state index contributed by atoms with van der Waals surface area (Å²) in [7, 11) is -3.07. The fraction of sp³-hybridized carbons (Fsp3) is 0.467. The van der Waals surface area contributed by atoms with Gasteiger partial charge in [0, 0.05) is 12.8 Å². The summed E-state index contributed by atoms with van der Waals surface area (Å²) < 4.78 is 27.6. The van der Waals surface area contributed by atoms with E-state index in [1.807, 2.05) is 0 Å². The van der Waals surface area contributed by atoms with E-state index < -0.39 is 28.0 Å². The second kappa shape index (κ2) is 7.10. The molecule has 1 saturated heterocycles. The number of amides is 1. The van der Waals surface area contributed by atoms with Gasteiger partial charge in [0.1, 0.15) is 6.10 Å². The van der Waals surface area contributed by atoms with Gasteiger partial charge in [0.15, 0.2) is 15.9 Å². The molecule has 23 heavy (non-hydrogen) atoms. The number of sulfone groups is 1. The van der Waals surface area contributed by atoms with E-state index in [1.165, 1.54) is 6.26 Å². The predicted molar refractivity (Wildman–Crippen MR) is 82.4 cm³/mol. The van der Waals surface area contributed by atoms with E-state index in [4.69, 9.17) is 9.84 Å². The third-order valence-electron chi connectivity index (χ3n) is 3.51. The highest BCUT2D eigenvalue weighted by atomic mass is 32.2. The highest BCUT2D eigenvalue weighted by Gasteiger charge is 2.34. The lowest BCUT2D eigenvalue weighted by atomic mass is 10.1. The van der Waals surface area contributed by atoms with Crippen molar-refractivity contribution >= 4 is 21.7 Å². The molecule has 2 N–H and O–H groups in total. The Morgan fingerprint density at radius 2 is 1.74 bits per heavy atom. The summed E-state index contributed by atoms with van der Waals surface area (Å²) in [5, 5.41) is 11.5. The topological polar surface area (TPSA) is 110 Å². The normalized spacial score (nSPS) is 21.1. The van der Waals surface area contributed by atoms with E-state index >= 15 is 0 Å². The molecule has 2 atom stereocenters. The first-order valence-electron chi connectivity index (χ1n) is 7.16. The fourth-order valence-corrected chi connectivity index (χ4v) is 3.17. The van der Waals surface area contributed by atoms with Gasteiger partial charge < -0.3 is 15.2 Å². The third kappa shape index (κ3) is 5.33. The second-order valence-electron chi connectivity index (χ2n) is 5.63. The van der Waals surface area contributed by atoms with Gasteiger partial charge in [-0.2, -0.15) is 0 Å². The summed E-state index contributed by atoms with van der Waals surface area (Å²) in [6, 6.07) is 6.90. The first-order valence-corrected chi connectivity index (χ1v) is 9.22. The van der Waals surface area contributed by atoms with Crippen LogP contribution in [0.3, 0.4) is 0 Å². The zero-order chi connectivity index (χ0) is 17.0. The number of carboxylic acids is 1.